The molecule has 2 N–H and O–H groups in total. The third-order valence-electron chi connectivity index (χ3n) is 6.88. The molecule has 0 radical (unpaired) electrons. The molecule has 0 spiro atoms. The fourth-order valence-electron chi connectivity index (χ4n) is 4.66. The van der Waals surface area contributed by atoms with Gasteiger partial charge < -0.3 is 29.4 Å². The Labute approximate surface area is 231 Å². The van der Waals surface area contributed by atoms with Gasteiger partial charge in [0, 0.05) is 45.7 Å². The summed E-state index contributed by atoms with van der Waals surface area (Å²) in [4.78, 5) is 45.4. The van der Waals surface area contributed by atoms with E-state index < -0.39 is 11.7 Å². The van der Waals surface area contributed by atoms with Crippen LogP contribution in [0.25, 0.3) is 5.65 Å². The van der Waals surface area contributed by atoms with Gasteiger partial charge in [-0.05, 0) is 52.2 Å². The molecule has 40 heavy (non-hydrogen) atoms. The van der Waals surface area contributed by atoms with E-state index in [0.29, 0.717) is 24.7 Å². The van der Waals surface area contributed by atoms with Crippen LogP contribution in [-0.4, -0.2) is 76.3 Å². The smallest absolute Gasteiger partial charge is 0.415 e. The monoisotopic (exact) mass is 553 g/mol. The number of pyridine rings is 1. The van der Waals surface area contributed by atoms with Crippen LogP contribution >= 0.6 is 0 Å². The highest BCUT2D eigenvalue weighted by atomic mass is 16.6. The minimum Gasteiger partial charge on any atom is -0.443 e. The first-order valence-electron chi connectivity index (χ1n) is 13.3. The fraction of sp³-hybridized carbons (Fsp3) is 0.519. The van der Waals surface area contributed by atoms with Gasteiger partial charge in [-0.25, -0.2) is 9.78 Å². The molecule has 1 aliphatic heterocycles. The number of aromatic nitrogens is 4. The molecule has 5 rings (SSSR count). The largest absolute Gasteiger partial charge is 0.443 e. The lowest BCUT2D eigenvalue weighted by Gasteiger charge is -2.25. The maximum Gasteiger partial charge on any atom is 0.415 e. The number of fused-ring (bicyclic) bond motifs is 1. The van der Waals surface area contributed by atoms with Gasteiger partial charge in [-0.1, -0.05) is 0 Å². The number of ether oxygens (including phenoxy) is 3. The van der Waals surface area contributed by atoms with E-state index in [4.69, 9.17) is 14.2 Å². The van der Waals surface area contributed by atoms with Gasteiger partial charge >= 0.3 is 6.09 Å². The molecule has 3 aromatic heterocycles. The van der Waals surface area contributed by atoms with E-state index in [2.05, 4.69) is 20.7 Å². The molecule has 0 bridgehead atoms. The predicted molar refractivity (Wildman–Crippen MR) is 147 cm³/mol. The standard InChI is InChI=1S/C27H35N7O6/c1-27(2,3)40-26(37)32(4)22-14-21(29-18-7-6-10-33(25(18)36)16-8-11-39-12-9-16)31-23-17(15-28-34(22)23)24(35)30-19-13-20(19)38-5/h6-7,10,14-16,19-20H,8-9,11-13H2,1-5H3,(H,29,31)(H,30,35)/t19?,20-/m1/s1. The highest BCUT2D eigenvalue weighted by Crippen LogP contribution is 2.28. The van der Waals surface area contributed by atoms with Crippen LogP contribution in [0.3, 0.4) is 0 Å². The molecule has 2 amide bonds. The van der Waals surface area contributed by atoms with Crippen molar-refractivity contribution in [3.05, 3.63) is 46.5 Å². The van der Waals surface area contributed by atoms with Gasteiger partial charge in [-0.2, -0.15) is 9.61 Å². The number of nitrogens with zero attached hydrogens (tertiary/aromatic N) is 5. The van der Waals surface area contributed by atoms with Crippen molar-refractivity contribution in [3.63, 3.8) is 0 Å². The zero-order valence-electron chi connectivity index (χ0n) is 23.3. The number of amides is 2. The van der Waals surface area contributed by atoms with Gasteiger partial charge in [0.15, 0.2) is 5.65 Å². The molecule has 1 aliphatic carbocycles. The van der Waals surface area contributed by atoms with E-state index in [9.17, 15) is 14.4 Å². The van der Waals surface area contributed by atoms with Crippen LogP contribution in [0.2, 0.25) is 0 Å². The van der Waals surface area contributed by atoms with E-state index in [1.54, 1.807) is 63.9 Å². The van der Waals surface area contributed by atoms with Crippen molar-refractivity contribution in [2.24, 2.45) is 0 Å². The number of methoxy groups -OCH3 is 1. The topological polar surface area (TPSA) is 141 Å². The van der Waals surface area contributed by atoms with Crippen LogP contribution in [0.1, 0.15) is 56.4 Å². The van der Waals surface area contributed by atoms with Crippen LogP contribution < -0.4 is 21.1 Å². The molecular weight excluding hydrogens is 518 g/mol. The van der Waals surface area contributed by atoms with Crippen molar-refractivity contribution in [1.29, 1.82) is 0 Å². The van der Waals surface area contributed by atoms with Crippen molar-refractivity contribution >= 4 is 35.0 Å². The van der Waals surface area contributed by atoms with Gasteiger partial charge in [0.2, 0.25) is 0 Å². The van der Waals surface area contributed by atoms with Crippen LogP contribution in [0.15, 0.2) is 35.4 Å². The highest BCUT2D eigenvalue weighted by Gasteiger charge is 2.39. The summed E-state index contributed by atoms with van der Waals surface area (Å²) in [6, 6.07) is 4.99. The summed E-state index contributed by atoms with van der Waals surface area (Å²) >= 11 is 0. The van der Waals surface area contributed by atoms with E-state index in [-0.39, 0.29) is 46.7 Å². The van der Waals surface area contributed by atoms with Crippen molar-refractivity contribution in [2.45, 2.75) is 63.8 Å². The lowest BCUT2D eigenvalue weighted by Crippen LogP contribution is -2.35. The molecule has 3 aromatic rings. The average Bonchev–Trinajstić information content (AvgIpc) is 3.53. The van der Waals surface area contributed by atoms with Crippen molar-refractivity contribution in [3.8, 4) is 0 Å². The second kappa shape index (κ2) is 10.9. The summed E-state index contributed by atoms with van der Waals surface area (Å²) in [5.74, 6) is 0.190. The van der Waals surface area contributed by atoms with E-state index in [1.165, 1.54) is 15.6 Å². The van der Waals surface area contributed by atoms with E-state index >= 15 is 0 Å². The molecule has 1 unspecified atom stereocenters. The molecule has 2 fully saturated rings. The second-order valence-corrected chi connectivity index (χ2v) is 11.0. The summed E-state index contributed by atoms with van der Waals surface area (Å²) in [5.41, 5.74) is -0.193. The number of anilines is 3. The lowest BCUT2D eigenvalue weighted by atomic mass is 10.1. The number of carbonyl (C=O) groups excluding carboxylic acids is 2. The molecule has 214 valence electrons. The third kappa shape index (κ3) is 5.80. The molecule has 13 heteroatoms. The molecule has 1 saturated heterocycles. The Morgan fingerprint density at radius 3 is 2.65 bits per heavy atom. The van der Waals surface area contributed by atoms with Gasteiger partial charge in [-0.3, -0.25) is 14.5 Å². The number of carbonyl (C=O) groups is 2. The molecule has 1 saturated carbocycles. The van der Waals surface area contributed by atoms with Crippen LogP contribution in [0.5, 0.6) is 0 Å². The molecule has 13 nitrogen and oxygen atoms in total. The van der Waals surface area contributed by atoms with E-state index in [0.717, 1.165) is 19.3 Å². The summed E-state index contributed by atoms with van der Waals surface area (Å²) < 4.78 is 19.4. The summed E-state index contributed by atoms with van der Waals surface area (Å²) in [6.07, 6.45) is 4.75. The molecular formula is C27H35N7O6. The van der Waals surface area contributed by atoms with Crippen molar-refractivity contribution in [2.75, 3.05) is 37.6 Å². The van der Waals surface area contributed by atoms with Crippen LogP contribution in [0, 0.1) is 0 Å². The van der Waals surface area contributed by atoms with E-state index in [1.807, 2.05) is 0 Å². The quantitative estimate of drug-likeness (QED) is 0.452. The summed E-state index contributed by atoms with van der Waals surface area (Å²) in [7, 11) is 3.14. The number of rotatable bonds is 7. The Morgan fingerprint density at radius 1 is 1.23 bits per heavy atom. The Morgan fingerprint density at radius 2 is 1.98 bits per heavy atom. The number of hydrogen-bond donors (Lipinski definition) is 2. The molecule has 4 heterocycles. The normalized spacial score (nSPS) is 19.3. The first kappa shape index (κ1) is 27.6. The van der Waals surface area contributed by atoms with Crippen molar-refractivity contribution < 1.29 is 23.8 Å². The Balaban J connectivity index is 1.53. The zero-order chi connectivity index (χ0) is 28.6. The van der Waals surface area contributed by atoms with Gasteiger partial charge in [-0.15, -0.1) is 0 Å². The minimum atomic E-state index is -0.727. The van der Waals surface area contributed by atoms with Gasteiger partial charge in [0.25, 0.3) is 11.5 Å². The Bertz CT molecular complexity index is 1470. The number of nitrogens with one attached hydrogen (secondary N) is 2. The average molecular weight is 554 g/mol. The first-order valence-corrected chi connectivity index (χ1v) is 13.3. The van der Waals surface area contributed by atoms with Gasteiger partial charge in [0.05, 0.1) is 18.3 Å². The Kier molecular flexibility index (Phi) is 7.51. The second-order valence-electron chi connectivity index (χ2n) is 11.0. The first-order chi connectivity index (χ1) is 19.1. The summed E-state index contributed by atoms with van der Waals surface area (Å²) in [5, 5.41) is 10.4. The minimum absolute atomic E-state index is 0.0270. The molecule has 0 aromatic carbocycles. The molecule has 2 aliphatic rings. The van der Waals surface area contributed by atoms with Crippen molar-refractivity contribution in [1.82, 2.24) is 24.5 Å². The summed E-state index contributed by atoms with van der Waals surface area (Å²) in [6.45, 7) is 6.52. The predicted octanol–water partition coefficient (Wildman–Crippen LogP) is 2.87. The van der Waals surface area contributed by atoms with Crippen LogP contribution in [-0.2, 0) is 14.2 Å². The Hall–Kier alpha value is -3.97. The maximum atomic E-state index is 13.4. The SMILES string of the molecule is CO[C@@H]1CC1NC(=O)c1cnn2c(N(C)C(=O)OC(C)(C)C)cc(Nc3cccn(C4CCOCC4)c3=O)nc12. The fourth-order valence-corrected chi connectivity index (χ4v) is 4.66. The highest BCUT2D eigenvalue weighted by molar-refractivity contribution is 6.01. The molecule has 2 atom stereocenters. The third-order valence-corrected chi connectivity index (χ3v) is 6.88. The van der Waals surface area contributed by atoms with Gasteiger partial charge in [0.1, 0.15) is 28.5 Å². The van der Waals surface area contributed by atoms with Crippen LogP contribution in [0.4, 0.5) is 22.1 Å². The lowest BCUT2D eigenvalue weighted by molar-refractivity contribution is 0.0587. The maximum absolute atomic E-state index is 13.4. The number of hydrogen-bond acceptors (Lipinski definition) is 9. The zero-order valence-corrected chi connectivity index (χ0v) is 23.3.